The van der Waals surface area contributed by atoms with Gasteiger partial charge in [0.25, 0.3) is 16.9 Å². The van der Waals surface area contributed by atoms with Crippen LogP contribution >= 0.6 is 0 Å². The highest BCUT2D eigenvalue weighted by molar-refractivity contribution is 5.79. The Morgan fingerprint density at radius 2 is 1.69 bits per heavy atom. The van der Waals surface area contributed by atoms with Crippen molar-refractivity contribution in [2.45, 2.75) is 6.54 Å². The summed E-state index contributed by atoms with van der Waals surface area (Å²) >= 11 is 0. The molecule has 0 N–H and O–H groups in total. The molecule has 0 amide bonds. The first kappa shape index (κ1) is 17.9. The lowest BCUT2D eigenvalue weighted by atomic mass is 10.2. The molecule has 0 saturated heterocycles. The molecule has 4 aromatic rings. The number of nitro benzene ring substituents is 2. The SMILES string of the molecule is O=c1c2ccc([N+](=O)[O-])cc2ncn1Cc1nc(-c2ccc([N+](=O)[O-])cc2)no1. The maximum Gasteiger partial charge on any atom is 0.271 e. The van der Waals surface area contributed by atoms with Crippen molar-refractivity contribution >= 4 is 22.3 Å². The lowest BCUT2D eigenvalue weighted by Gasteiger charge is -2.03. The number of hydrogen-bond donors (Lipinski definition) is 0. The highest BCUT2D eigenvalue weighted by atomic mass is 16.6. The number of non-ortho nitro benzene ring substituents is 2. The largest absolute Gasteiger partial charge is 0.337 e. The summed E-state index contributed by atoms with van der Waals surface area (Å²) in [5.74, 6) is 0.343. The molecule has 2 aromatic carbocycles. The number of benzene rings is 2. The topological polar surface area (TPSA) is 160 Å². The third-order valence-corrected chi connectivity index (χ3v) is 4.13. The molecule has 0 saturated carbocycles. The summed E-state index contributed by atoms with van der Waals surface area (Å²) in [6.45, 7) is -0.0568. The molecule has 4 rings (SSSR count). The number of hydrogen-bond acceptors (Lipinski definition) is 9. The molecule has 12 heteroatoms. The Kier molecular flexibility index (Phi) is 4.27. The van der Waals surface area contributed by atoms with E-state index in [1.165, 1.54) is 53.4 Å². The molecule has 0 bridgehead atoms. The summed E-state index contributed by atoms with van der Waals surface area (Å²) in [5, 5.41) is 25.6. The van der Waals surface area contributed by atoms with Crippen molar-refractivity contribution in [3.05, 3.63) is 85.3 Å². The first-order valence-electron chi connectivity index (χ1n) is 8.13. The summed E-state index contributed by atoms with van der Waals surface area (Å²) in [4.78, 5) is 41.3. The predicted octanol–water partition coefficient (Wildman–Crippen LogP) is 2.31. The normalized spacial score (nSPS) is 10.9. The molecule has 0 aliphatic carbocycles. The van der Waals surface area contributed by atoms with E-state index in [1.807, 2.05) is 0 Å². The zero-order chi connectivity index (χ0) is 20.5. The second-order valence-electron chi connectivity index (χ2n) is 5.95. The van der Waals surface area contributed by atoms with E-state index in [-0.39, 0.29) is 40.5 Å². The van der Waals surface area contributed by atoms with Gasteiger partial charge in [0.1, 0.15) is 6.54 Å². The molecule has 0 atom stereocenters. The van der Waals surface area contributed by atoms with Gasteiger partial charge < -0.3 is 4.52 Å². The smallest absolute Gasteiger partial charge is 0.271 e. The van der Waals surface area contributed by atoms with E-state index in [0.29, 0.717) is 5.56 Å². The number of fused-ring (bicyclic) bond motifs is 1. The summed E-state index contributed by atoms with van der Waals surface area (Å²) in [5.41, 5.74) is 0.0812. The Labute approximate surface area is 160 Å². The zero-order valence-corrected chi connectivity index (χ0v) is 14.5. The van der Waals surface area contributed by atoms with Gasteiger partial charge in [0, 0.05) is 29.8 Å². The molecule has 2 aromatic heterocycles. The maximum atomic E-state index is 12.6. The van der Waals surface area contributed by atoms with E-state index in [0.717, 1.165) is 0 Å². The fraction of sp³-hybridized carbons (Fsp3) is 0.0588. The fourth-order valence-corrected chi connectivity index (χ4v) is 2.69. The van der Waals surface area contributed by atoms with Crippen molar-refractivity contribution in [1.29, 1.82) is 0 Å². The van der Waals surface area contributed by atoms with Gasteiger partial charge in [-0.25, -0.2) is 4.98 Å². The van der Waals surface area contributed by atoms with E-state index >= 15 is 0 Å². The third-order valence-electron chi connectivity index (χ3n) is 4.13. The van der Waals surface area contributed by atoms with Crippen molar-refractivity contribution in [1.82, 2.24) is 19.7 Å². The van der Waals surface area contributed by atoms with Gasteiger partial charge in [0.2, 0.25) is 11.7 Å². The molecule has 12 nitrogen and oxygen atoms in total. The number of aromatic nitrogens is 4. The Bertz CT molecular complexity index is 1310. The van der Waals surface area contributed by atoms with Crippen LogP contribution in [0.3, 0.4) is 0 Å². The molecule has 144 valence electrons. The third kappa shape index (κ3) is 3.41. The molecule has 0 radical (unpaired) electrons. The Morgan fingerprint density at radius 3 is 2.38 bits per heavy atom. The van der Waals surface area contributed by atoms with E-state index in [2.05, 4.69) is 15.1 Å². The van der Waals surface area contributed by atoms with Gasteiger partial charge in [0.05, 0.1) is 27.1 Å². The molecular formula is C17H10N6O6. The van der Waals surface area contributed by atoms with Crippen LogP contribution in [-0.2, 0) is 6.54 Å². The van der Waals surface area contributed by atoms with Crippen molar-refractivity contribution in [2.75, 3.05) is 0 Å². The number of nitro groups is 2. The summed E-state index contributed by atoms with van der Waals surface area (Å²) in [6.07, 6.45) is 1.24. The van der Waals surface area contributed by atoms with Crippen molar-refractivity contribution in [2.24, 2.45) is 0 Å². The molecular weight excluding hydrogens is 384 g/mol. The van der Waals surface area contributed by atoms with E-state index < -0.39 is 15.4 Å². The second kappa shape index (κ2) is 6.92. The molecule has 29 heavy (non-hydrogen) atoms. The van der Waals surface area contributed by atoms with Crippen LogP contribution in [0, 0.1) is 20.2 Å². The van der Waals surface area contributed by atoms with Gasteiger partial charge in [-0.3, -0.25) is 29.6 Å². The van der Waals surface area contributed by atoms with Crippen molar-refractivity contribution < 1.29 is 14.4 Å². The average molecular weight is 394 g/mol. The minimum Gasteiger partial charge on any atom is -0.337 e. The van der Waals surface area contributed by atoms with Gasteiger partial charge in [-0.15, -0.1) is 0 Å². The number of nitrogens with zero attached hydrogens (tertiary/aromatic N) is 6. The van der Waals surface area contributed by atoms with Gasteiger partial charge in [-0.05, 0) is 18.2 Å². The van der Waals surface area contributed by atoms with Crippen LogP contribution in [0.4, 0.5) is 11.4 Å². The van der Waals surface area contributed by atoms with Crippen molar-refractivity contribution in [3.63, 3.8) is 0 Å². The van der Waals surface area contributed by atoms with Crippen LogP contribution in [0.5, 0.6) is 0 Å². The molecule has 0 fully saturated rings. The van der Waals surface area contributed by atoms with E-state index in [1.54, 1.807) is 0 Å². The van der Waals surface area contributed by atoms with Gasteiger partial charge in [-0.1, -0.05) is 5.16 Å². The van der Waals surface area contributed by atoms with Crippen LogP contribution in [0.1, 0.15) is 5.89 Å². The molecule has 0 unspecified atom stereocenters. The van der Waals surface area contributed by atoms with Gasteiger partial charge >= 0.3 is 0 Å². The minimum atomic E-state index is -0.565. The molecule has 0 aliphatic heterocycles. The van der Waals surface area contributed by atoms with Crippen LogP contribution in [0.25, 0.3) is 22.3 Å². The first-order chi connectivity index (χ1) is 13.9. The second-order valence-corrected chi connectivity index (χ2v) is 5.95. The standard InChI is InChI=1S/C17H10N6O6/c24-17-13-6-5-12(23(27)28)7-14(13)18-9-21(17)8-15-19-16(20-29-15)10-1-3-11(4-2-10)22(25)26/h1-7,9H,8H2. The van der Waals surface area contributed by atoms with Crippen LogP contribution in [-0.4, -0.2) is 29.5 Å². The van der Waals surface area contributed by atoms with Gasteiger partial charge in [0.15, 0.2) is 0 Å². The quantitative estimate of drug-likeness (QED) is 0.365. The van der Waals surface area contributed by atoms with E-state index in [9.17, 15) is 25.0 Å². The van der Waals surface area contributed by atoms with Gasteiger partial charge in [-0.2, -0.15) is 4.98 Å². The Balaban J connectivity index is 1.61. The minimum absolute atomic E-state index is 0.0568. The van der Waals surface area contributed by atoms with Crippen LogP contribution in [0.2, 0.25) is 0 Å². The molecule has 2 heterocycles. The summed E-state index contributed by atoms with van der Waals surface area (Å²) < 4.78 is 6.38. The monoisotopic (exact) mass is 394 g/mol. The fourth-order valence-electron chi connectivity index (χ4n) is 2.69. The predicted molar refractivity (Wildman–Crippen MR) is 98.1 cm³/mol. The Morgan fingerprint density at radius 1 is 1.00 bits per heavy atom. The zero-order valence-electron chi connectivity index (χ0n) is 14.5. The highest BCUT2D eigenvalue weighted by Gasteiger charge is 2.14. The Hall–Kier alpha value is -4.48. The van der Waals surface area contributed by atoms with Crippen LogP contribution < -0.4 is 5.56 Å². The average Bonchev–Trinajstić information content (AvgIpc) is 3.18. The van der Waals surface area contributed by atoms with E-state index in [4.69, 9.17) is 4.52 Å². The summed E-state index contributed by atoms with van der Waals surface area (Å²) in [7, 11) is 0. The highest BCUT2D eigenvalue weighted by Crippen LogP contribution is 2.20. The molecule has 0 aliphatic rings. The first-order valence-corrected chi connectivity index (χ1v) is 8.13. The molecule has 0 spiro atoms. The number of rotatable bonds is 5. The maximum absolute atomic E-state index is 12.6. The lowest BCUT2D eigenvalue weighted by molar-refractivity contribution is -0.385. The lowest BCUT2D eigenvalue weighted by Crippen LogP contribution is -2.21. The van der Waals surface area contributed by atoms with Crippen LogP contribution in [0.15, 0.2) is 58.1 Å². The summed E-state index contributed by atoms with van der Waals surface area (Å²) in [6, 6.07) is 9.42. The van der Waals surface area contributed by atoms with Crippen molar-refractivity contribution in [3.8, 4) is 11.4 Å².